The third-order valence-electron chi connectivity index (χ3n) is 2.36. The Hall–Kier alpha value is -1.33. The number of amides is 1. The zero-order valence-corrected chi connectivity index (χ0v) is 11.3. The van der Waals surface area contributed by atoms with E-state index in [2.05, 4.69) is 5.32 Å². The minimum absolute atomic E-state index is 0.0335. The number of hydrogen-bond donors (Lipinski definition) is 2. The molecule has 0 aromatic heterocycles. The highest BCUT2D eigenvalue weighted by atomic mass is 32.2. The normalized spacial score (nSPS) is 11.9. The van der Waals surface area contributed by atoms with Crippen LogP contribution < -0.4 is 5.32 Å². The number of rotatable bonds is 6. The summed E-state index contributed by atoms with van der Waals surface area (Å²) in [6, 6.07) is 6.84. The fourth-order valence-electron chi connectivity index (χ4n) is 1.36. The van der Waals surface area contributed by atoms with E-state index in [4.69, 9.17) is 5.11 Å². The molecule has 0 radical (unpaired) electrons. The Kier molecular flexibility index (Phi) is 5.88. The molecule has 0 bridgehead atoms. The van der Waals surface area contributed by atoms with Gasteiger partial charge in [-0.2, -0.15) is 0 Å². The van der Waals surface area contributed by atoms with Gasteiger partial charge in [-0.25, -0.2) is 0 Å². The minimum Gasteiger partial charge on any atom is -0.396 e. The van der Waals surface area contributed by atoms with Gasteiger partial charge in [-0.15, -0.1) is 11.8 Å². The summed E-state index contributed by atoms with van der Waals surface area (Å²) >= 11 is 1.39. The van der Waals surface area contributed by atoms with Gasteiger partial charge in [-0.05, 0) is 26.0 Å². The van der Waals surface area contributed by atoms with Crippen LogP contribution in [-0.4, -0.2) is 34.4 Å². The lowest BCUT2D eigenvalue weighted by Gasteiger charge is -2.11. The molecule has 4 nitrogen and oxygen atoms in total. The van der Waals surface area contributed by atoms with Crippen molar-refractivity contribution in [3.8, 4) is 0 Å². The van der Waals surface area contributed by atoms with E-state index in [0.29, 0.717) is 17.0 Å². The number of hydrogen-bond acceptors (Lipinski definition) is 4. The molecule has 1 amide bonds. The number of nitrogens with one attached hydrogen (secondary N) is 1. The molecule has 0 saturated carbocycles. The molecular formula is C13H17NO3S. The summed E-state index contributed by atoms with van der Waals surface area (Å²) in [5, 5.41) is 11.2. The van der Waals surface area contributed by atoms with Crippen LogP contribution in [0.5, 0.6) is 0 Å². The van der Waals surface area contributed by atoms with E-state index in [1.165, 1.54) is 18.7 Å². The Morgan fingerprint density at radius 1 is 1.44 bits per heavy atom. The lowest BCUT2D eigenvalue weighted by Crippen LogP contribution is -2.23. The maximum atomic E-state index is 11.8. The minimum atomic E-state index is -0.238. The van der Waals surface area contributed by atoms with Crippen molar-refractivity contribution in [3.63, 3.8) is 0 Å². The number of aliphatic hydroxyl groups excluding tert-OH is 1. The molecule has 1 aromatic rings. The van der Waals surface area contributed by atoms with Crippen LogP contribution in [0.4, 0.5) is 5.69 Å². The smallest absolute Gasteiger partial charge is 0.237 e. The van der Waals surface area contributed by atoms with E-state index >= 15 is 0 Å². The lowest BCUT2D eigenvalue weighted by atomic mass is 10.1. The standard InChI is InChI=1S/C13H17NO3S/c1-9(16)11-4-3-5-12(8-11)14-13(17)10(2)18-7-6-15/h3-5,8,10,15H,6-7H2,1-2H3,(H,14,17)/t10-/m0/s1. The molecule has 2 N–H and O–H groups in total. The monoisotopic (exact) mass is 267 g/mol. The molecule has 0 aliphatic carbocycles. The SMILES string of the molecule is CC(=O)c1cccc(NC(=O)[C@H](C)SCCO)c1. The van der Waals surface area contributed by atoms with E-state index in [-0.39, 0.29) is 23.5 Å². The van der Waals surface area contributed by atoms with Crippen molar-refractivity contribution in [2.45, 2.75) is 19.1 Å². The molecule has 1 rings (SSSR count). The number of thioether (sulfide) groups is 1. The van der Waals surface area contributed by atoms with Crippen molar-refractivity contribution in [3.05, 3.63) is 29.8 Å². The zero-order valence-electron chi connectivity index (χ0n) is 10.5. The molecule has 0 unspecified atom stereocenters. The lowest BCUT2D eigenvalue weighted by molar-refractivity contribution is -0.115. The van der Waals surface area contributed by atoms with Crippen molar-refractivity contribution in [2.24, 2.45) is 0 Å². The van der Waals surface area contributed by atoms with E-state index in [0.717, 1.165) is 0 Å². The average Bonchev–Trinajstić information content (AvgIpc) is 2.36. The maximum absolute atomic E-state index is 11.8. The van der Waals surface area contributed by atoms with Gasteiger partial charge in [0.05, 0.1) is 11.9 Å². The number of aliphatic hydroxyl groups is 1. The highest BCUT2D eigenvalue weighted by Gasteiger charge is 2.13. The molecule has 0 fully saturated rings. The maximum Gasteiger partial charge on any atom is 0.237 e. The number of ketones is 1. The molecule has 0 spiro atoms. The van der Waals surface area contributed by atoms with Crippen molar-refractivity contribution in [1.29, 1.82) is 0 Å². The summed E-state index contributed by atoms with van der Waals surface area (Å²) < 4.78 is 0. The first-order valence-corrected chi connectivity index (χ1v) is 6.74. The molecule has 0 aliphatic heterocycles. The molecule has 0 aliphatic rings. The number of benzene rings is 1. The van der Waals surface area contributed by atoms with Gasteiger partial charge in [0.1, 0.15) is 0 Å². The molecular weight excluding hydrogens is 250 g/mol. The van der Waals surface area contributed by atoms with Crippen LogP contribution in [0.15, 0.2) is 24.3 Å². The first-order valence-electron chi connectivity index (χ1n) is 5.69. The first kappa shape index (κ1) is 14.7. The third kappa shape index (κ3) is 4.50. The second kappa shape index (κ2) is 7.18. The fraction of sp³-hybridized carbons (Fsp3) is 0.385. The Balaban J connectivity index is 2.64. The van der Waals surface area contributed by atoms with Gasteiger partial charge in [-0.3, -0.25) is 9.59 Å². The Morgan fingerprint density at radius 3 is 2.78 bits per heavy atom. The summed E-state index contributed by atoms with van der Waals surface area (Å²) in [5.41, 5.74) is 1.19. The van der Waals surface area contributed by atoms with E-state index in [9.17, 15) is 9.59 Å². The Labute approximate surface area is 111 Å². The van der Waals surface area contributed by atoms with Crippen molar-refractivity contribution >= 4 is 29.1 Å². The van der Waals surface area contributed by atoms with Crippen LogP contribution >= 0.6 is 11.8 Å². The zero-order chi connectivity index (χ0) is 13.5. The van der Waals surface area contributed by atoms with Crippen molar-refractivity contribution in [1.82, 2.24) is 0 Å². The van der Waals surface area contributed by atoms with Crippen LogP contribution in [0.2, 0.25) is 0 Å². The topological polar surface area (TPSA) is 66.4 Å². The second-order valence-corrected chi connectivity index (χ2v) is 5.31. The van der Waals surface area contributed by atoms with E-state index < -0.39 is 0 Å². The number of anilines is 1. The van der Waals surface area contributed by atoms with Gasteiger partial charge >= 0.3 is 0 Å². The predicted octanol–water partition coefficient (Wildman–Crippen LogP) is 1.94. The molecule has 5 heteroatoms. The molecule has 1 aromatic carbocycles. The highest BCUT2D eigenvalue weighted by Crippen LogP contribution is 2.15. The van der Waals surface area contributed by atoms with Crippen LogP contribution in [0.3, 0.4) is 0 Å². The Morgan fingerprint density at radius 2 is 2.17 bits per heavy atom. The van der Waals surface area contributed by atoms with E-state index in [1.54, 1.807) is 31.2 Å². The summed E-state index contributed by atoms with van der Waals surface area (Å²) in [7, 11) is 0. The number of carbonyl (C=O) groups is 2. The van der Waals surface area contributed by atoms with E-state index in [1.807, 2.05) is 0 Å². The summed E-state index contributed by atoms with van der Waals surface area (Å²) in [5.74, 6) is 0.366. The van der Waals surface area contributed by atoms with Crippen LogP contribution in [0.1, 0.15) is 24.2 Å². The van der Waals surface area contributed by atoms with Gasteiger partial charge < -0.3 is 10.4 Å². The van der Waals surface area contributed by atoms with Crippen molar-refractivity contribution < 1.29 is 14.7 Å². The molecule has 98 valence electrons. The van der Waals surface area contributed by atoms with Gasteiger partial charge in [0.15, 0.2) is 5.78 Å². The van der Waals surface area contributed by atoms with Gasteiger partial charge in [0, 0.05) is 17.0 Å². The highest BCUT2D eigenvalue weighted by molar-refractivity contribution is 8.00. The van der Waals surface area contributed by atoms with Crippen LogP contribution in [0, 0.1) is 0 Å². The molecule has 1 atom stereocenters. The average molecular weight is 267 g/mol. The third-order valence-corrected chi connectivity index (χ3v) is 3.50. The second-order valence-electron chi connectivity index (χ2n) is 3.86. The number of carbonyl (C=O) groups excluding carboxylic acids is 2. The van der Waals surface area contributed by atoms with Crippen molar-refractivity contribution in [2.75, 3.05) is 17.7 Å². The predicted molar refractivity (Wildman–Crippen MR) is 74.1 cm³/mol. The summed E-state index contributed by atoms with van der Waals surface area (Å²) in [4.78, 5) is 23.0. The first-order chi connectivity index (χ1) is 8.54. The van der Waals surface area contributed by atoms with Crippen LogP contribution in [-0.2, 0) is 4.79 Å². The molecule has 18 heavy (non-hydrogen) atoms. The Bertz CT molecular complexity index is 434. The van der Waals surface area contributed by atoms with Crippen LogP contribution in [0.25, 0.3) is 0 Å². The quantitative estimate of drug-likeness (QED) is 0.773. The molecule has 0 heterocycles. The molecule has 0 saturated heterocycles. The van der Waals surface area contributed by atoms with Gasteiger partial charge in [-0.1, -0.05) is 12.1 Å². The number of Topliss-reactive ketones (excluding diaryl/α,β-unsaturated/α-hetero) is 1. The summed E-state index contributed by atoms with van der Waals surface area (Å²) in [6.45, 7) is 3.33. The van der Waals surface area contributed by atoms with Gasteiger partial charge in [0.25, 0.3) is 0 Å². The van der Waals surface area contributed by atoms with Gasteiger partial charge in [0.2, 0.25) is 5.91 Å². The fourth-order valence-corrected chi connectivity index (χ4v) is 2.03. The largest absolute Gasteiger partial charge is 0.396 e. The summed E-state index contributed by atoms with van der Waals surface area (Å²) in [6.07, 6.45) is 0.